The summed E-state index contributed by atoms with van der Waals surface area (Å²) in [5.74, 6) is 0.101. The highest BCUT2D eigenvalue weighted by molar-refractivity contribution is 5.92. The maximum absolute atomic E-state index is 12.4. The van der Waals surface area contributed by atoms with E-state index in [9.17, 15) is 4.79 Å². The van der Waals surface area contributed by atoms with E-state index in [0.29, 0.717) is 0 Å². The number of hydrogen-bond acceptors (Lipinski definition) is 2. The lowest BCUT2D eigenvalue weighted by Gasteiger charge is -2.36. The van der Waals surface area contributed by atoms with Crippen molar-refractivity contribution in [3.63, 3.8) is 0 Å². The van der Waals surface area contributed by atoms with Crippen molar-refractivity contribution in [2.75, 3.05) is 31.1 Å². The van der Waals surface area contributed by atoms with Gasteiger partial charge in [-0.1, -0.05) is 49.4 Å². The third-order valence-electron chi connectivity index (χ3n) is 4.85. The third kappa shape index (κ3) is 4.30. The minimum atomic E-state index is 0.101. The number of rotatable bonds is 4. The second-order valence-corrected chi connectivity index (χ2v) is 6.53. The summed E-state index contributed by atoms with van der Waals surface area (Å²) in [5, 5.41) is 0. The fourth-order valence-corrected chi connectivity index (χ4v) is 3.22. The minimum Gasteiger partial charge on any atom is -0.368 e. The van der Waals surface area contributed by atoms with Crippen LogP contribution in [0.15, 0.2) is 54.6 Å². The van der Waals surface area contributed by atoms with Crippen LogP contribution in [0.2, 0.25) is 0 Å². The van der Waals surface area contributed by atoms with E-state index in [1.165, 1.54) is 16.8 Å². The molecular formula is C22H26N2O. The molecule has 1 aliphatic rings. The molecule has 0 radical (unpaired) electrons. The van der Waals surface area contributed by atoms with Crippen LogP contribution >= 0.6 is 0 Å². The van der Waals surface area contributed by atoms with Crippen molar-refractivity contribution in [1.82, 2.24) is 4.90 Å². The van der Waals surface area contributed by atoms with Gasteiger partial charge in [-0.15, -0.1) is 0 Å². The molecule has 0 aliphatic carbocycles. The van der Waals surface area contributed by atoms with Crippen molar-refractivity contribution >= 4 is 17.7 Å². The number of benzene rings is 2. The van der Waals surface area contributed by atoms with Crippen LogP contribution in [-0.2, 0) is 11.2 Å². The fourth-order valence-electron chi connectivity index (χ4n) is 3.22. The van der Waals surface area contributed by atoms with Gasteiger partial charge in [-0.3, -0.25) is 4.79 Å². The van der Waals surface area contributed by atoms with Crippen LogP contribution in [0.4, 0.5) is 5.69 Å². The highest BCUT2D eigenvalue weighted by Gasteiger charge is 2.20. The van der Waals surface area contributed by atoms with E-state index < -0.39 is 0 Å². The first kappa shape index (κ1) is 17.3. The summed E-state index contributed by atoms with van der Waals surface area (Å²) in [4.78, 5) is 16.7. The van der Waals surface area contributed by atoms with Gasteiger partial charge in [0.05, 0.1) is 0 Å². The Morgan fingerprint density at radius 1 is 1.00 bits per heavy atom. The lowest BCUT2D eigenvalue weighted by molar-refractivity contribution is -0.126. The standard InChI is InChI=1S/C22H26N2O/c1-3-19-8-10-20(11-9-19)12-13-22(25)24-16-14-23(15-17-24)21-7-5-4-6-18(21)2/h4-13H,3,14-17H2,1-2H3/b13-12+. The molecule has 1 aliphatic heterocycles. The molecule has 0 unspecified atom stereocenters. The number of amides is 1. The zero-order valence-corrected chi connectivity index (χ0v) is 15.1. The summed E-state index contributed by atoms with van der Waals surface area (Å²) in [6.45, 7) is 7.59. The Kier molecular flexibility index (Phi) is 5.54. The molecule has 0 N–H and O–H groups in total. The first-order valence-corrected chi connectivity index (χ1v) is 9.04. The van der Waals surface area contributed by atoms with Crippen molar-refractivity contribution in [1.29, 1.82) is 0 Å². The van der Waals surface area contributed by atoms with Crippen LogP contribution in [0, 0.1) is 6.92 Å². The SMILES string of the molecule is CCc1ccc(/C=C/C(=O)N2CCN(c3ccccc3C)CC2)cc1. The zero-order valence-electron chi connectivity index (χ0n) is 15.1. The smallest absolute Gasteiger partial charge is 0.246 e. The maximum atomic E-state index is 12.4. The van der Waals surface area contributed by atoms with Gasteiger partial charge in [0.25, 0.3) is 0 Å². The molecule has 0 atom stereocenters. The van der Waals surface area contributed by atoms with Gasteiger partial charge in [0, 0.05) is 37.9 Å². The molecular weight excluding hydrogens is 308 g/mol. The number of nitrogens with zero attached hydrogens (tertiary/aromatic N) is 2. The normalized spacial score (nSPS) is 15.0. The summed E-state index contributed by atoms with van der Waals surface area (Å²) in [7, 11) is 0. The van der Waals surface area contributed by atoms with Crippen LogP contribution in [0.25, 0.3) is 6.08 Å². The predicted molar refractivity (Wildman–Crippen MR) is 105 cm³/mol. The predicted octanol–water partition coefficient (Wildman–Crippen LogP) is 3.92. The zero-order chi connectivity index (χ0) is 17.6. The van der Waals surface area contributed by atoms with E-state index in [1.807, 2.05) is 11.0 Å². The summed E-state index contributed by atoms with van der Waals surface area (Å²) < 4.78 is 0. The van der Waals surface area contributed by atoms with Crippen LogP contribution < -0.4 is 4.90 Å². The quantitative estimate of drug-likeness (QED) is 0.791. The highest BCUT2D eigenvalue weighted by atomic mass is 16.2. The van der Waals surface area contributed by atoms with Gasteiger partial charge in [0.2, 0.25) is 5.91 Å². The van der Waals surface area contributed by atoms with Crippen molar-refractivity contribution in [2.45, 2.75) is 20.3 Å². The molecule has 3 rings (SSSR count). The average molecular weight is 334 g/mol. The average Bonchev–Trinajstić information content (AvgIpc) is 2.67. The van der Waals surface area contributed by atoms with Crippen LogP contribution in [0.3, 0.4) is 0 Å². The topological polar surface area (TPSA) is 23.6 Å². The van der Waals surface area contributed by atoms with Gasteiger partial charge < -0.3 is 9.80 Å². The summed E-state index contributed by atoms with van der Waals surface area (Å²) in [6.07, 6.45) is 4.65. The Labute approximate surface area is 150 Å². The van der Waals surface area contributed by atoms with Crippen molar-refractivity contribution < 1.29 is 4.79 Å². The molecule has 130 valence electrons. The number of carbonyl (C=O) groups is 1. The van der Waals surface area contributed by atoms with Crippen molar-refractivity contribution in [3.8, 4) is 0 Å². The monoisotopic (exact) mass is 334 g/mol. The van der Waals surface area contributed by atoms with Crippen LogP contribution in [0.5, 0.6) is 0 Å². The number of carbonyl (C=O) groups excluding carboxylic acids is 1. The third-order valence-corrected chi connectivity index (χ3v) is 4.85. The first-order valence-electron chi connectivity index (χ1n) is 9.04. The second kappa shape index (κ2) is 8.02. The molecule has 1 amide bonds. The van der Waals surface area contributed by atoms with Crippen molar-refractivity contribution in [2.24, 2.45) is 0 Å². The molecule has 1 fully saturated rings. The number of hydrogen-bond donors (Lipinski definition) is 0. The van der Waals surface area contributed by atoms with E-state index in [1.54, 1.807) is 6.08 Å². The Morgan fingerprint density at radius 2 is 1.68 bits per heavy atom. The molecule has 2 aromatic carbocycles. The van der Waals surface area contributed by atoms with Crippen molar-refractivity contribution in [3.05, 3.63) is 71.3 Å². The molecule has 3 heteroatoms. The molecule has 25 heavy (non-hydrogen) atoms. The number of piperazine rings is 1. The Morgan fingerprint density at radius 3 is 2.32 bits per heavy atom. The Bertz CT molecular complexity index is 741. The van der Waals surface area contributed by atoms with E-state index in [4.69, 9.17) is 0 Å². The molecule has 0 bridgehead atoms. The molecule has 0 spiro atoms. The maximum Gasteiger partial charge on any atom is 0.246 e. The van der Waals surface area contributed by atoms with Crippen LogP contribution in [-0.4, -0.2) is 37.0 Å². The lowest BCUT2D eigenvalue weighted by atomic mass is 10.1. The molecule has 1 saturated heterocycles. The van der Waals surface area contributed by atoms with E-state index >= 15 is 0 Å². The molecule has 0 aromatic heterocycles. The fraction of sp³-hybridized carbons (Fsp3) is 0.318. The molecule has 1 heterocycles. The highest BCUT2D eigenvalue weighted by Crippen LogP contribution is 2.20. The van der Waals surface area contributed by atoms with Gasteiger partial charge in [-0.25, -0.2) is 0 Å². The van der Waals surface area contributed by atoms with Gasteiger partial charge in [-0.2, -0.15) is 0 Å². The number of para-hydroxylation sites is 1. The van der Waals surface area contributed by atoms with E-state index in [-0.39, 0.29) is 5.91 Å². The largest absolute Gasteiger partial charge is 0.368 e. The van der Waals surface area contributed by atoms with E-state index in [2.05, 4.69) is 67.3 Å². The van der Waals surface area contributed by atoms with Gasteiger partial charge in [-0.05, 0) is 42.2 Å². The van der Waals surface area contributed by atoms with Gasteiger partial charge in [0.15, 0.2) is 0 Å². The second-order valence-electron chi connectivity index (χ2n) is 6.53. The summed E-state index contributed by atoms with van der Waals surface area (Å²) in [6, 6.07) is 16.8. The Hall–Kier alpha value is -2.55. The molecule has 0 saturated carbocycles. The first-order chi connectivity index (χ1) is 12.2. The van der Waals surface area contributed by atoms with E-state index in [0.717, 1.165) is 38.2 Å². The number of anilines is 1. The van der Waals surface area contributed by atoms with Crippen LogP contribution in [0.1, 0.15) is 23.6 Å². The summed E-state index contributed by atoms with van der Waals surface area (Å²) >= 11 is 0. The number of aryl methyl sites for hydroxylation is 2. The van der Waals surface area contributed by atoms with Gasteiger partial charge in [0.1, 0.15) is 0 Å². The minimum absolute atomic E-state index is 0.101. The van der Waals surface area contributed by atoms with Gasteiger partial charge >= 0.3 is 0 Å². The summed E-state index contributed by atoms with van der Waals surface area (Å²) in [5.41, 5.74) is 4.96. The molecule has 2 aromatic rings. The Balaban J connectivity index is 1.56. The lowest BCUT2D eigenvalue weighted by Crippen LogP contribution is -2.48. The molecule has 3 nitrogen and oxygen atoms in total.